The van der Waals surface area contributed by atoms with Crippen molar-refractivity contribution in [3.8, 4) is 0 Å². The van der Waals surface area contributed by atoms with Crippen molar-refractivity contribution >= 4 is 46.5 Å². The highest BCUT2D eigenvalue weighted by Gasteiger charge is 2.12. The molecule has 0 bridgehead atoms. The molecular weight excluding hydrogens is 313 g/mol. The normalized spacial score (nSPS) is 10.0. The van der Waals surface area contributed by atoms with Crippen molar-refractivity contribution in [3.63, 3.8) is 0 Å². The van der Waals surface area contributed by atoms with E-state index in [4.69, 9.17) is 28.9 Å². The van der Waals surface area contributed by atoms with E-state index in [0.29, 0.717) is 15.7 Å². The van der Waals surface area contributed by atoms with Gasteiger partial charge in [-0.1, -0.05) is 41.4 Å². The number of urea groups is 1. The number of para-hydroxylation sites is 2. The third kappa shape index (κ3) is 3.65. The molecular formula is C14H11Cl2N3O2. The predicted octanol–water partition coefficient (Wildman–Crippen LogP) is 3.74. The summed E-state index contributed by atoms with van der Waals surface area (Å²) in [4.78, 5) is 23.2. The first-order valence-corrected chi connectivity index (χ1v) is 6.65. The maximum atomic E-state index is 12.0. The van der Waals surface area contributed by atoms with E-state index in [2.05, 4.69) is 10.6 Å². The third-order valence-electron chi connectivity index (χ3n) is 2.64. The quantitative estimate of drug-likeness (QED) is 0.803. The monoisotopic (exact) mass is 323 g/mol. The average Bonchev–Trinajstić information content (AvgIpc) is 2.43. The predicted molar refractivity (Wildman–Crippen MR) is 84.1 cm³/mol. The molecule has 5 nitrogen and oxygen atoms in total. The molecule has 4 N–H and O–H groups in total. The Morgan fingerprint density at radius 2 is 1.52 bits per heavy atom. The van der Waals surface area contributed by atoms with Crippen molar-refractivity contribution < 1.29 is 9.59 Å². The Labute approximate surface area is 131 Å². The standard InChI is InChI=1S/C14H11Cl2N3O2/c15-9-5-3-6-10(16)12(9)19-14(21)18-11-7-2-1-4-8(11)13(17)20/h1-7H,(H2,17,20)(H2,18,19,21). The minimum atomic E-state index is -0.637. The molecule has 7 heteroatoms. The zero-order valence-corrected chi connectivity index (χ0v) is 12.2. The number of primary amides is 1. The summed E-state index contributed by atoms with van der Waals surface area (Å²) in [6, 6.07) is 10.7. The zero-order chi connectivity index (χ0) is 15.4. The molecule has 3 amide bonds. The molecule has 0 heterocycles. The fraction of sp³-hybridized carbons (Fsp3) is 0. The number of hydrogen-bond acceptors (Lipinski definition) is 2. The van der Waals surface area contributed by atoms with Gasteiger partial charge in [-0.3, -0.25) is 4.79 Å². The molecule has 2 aromatic rings. The van der Waals surface area contributed by atoms with Crippen LogP contribution in [-0.4, -0.2) is 11.9 Å². The van der Waals surface area contributed by atoms with Crippen LogP contribution >= 0.6 is 23.2 Å². The molecule has 0 fully saturated rings. The summed E-state index contributed by atoms with van der Waals surface area (Å²) in [6.07, 6.45) is 0. The molecule has 2 rings (SSSR count). The van der Waals surface area contributed by atoms with Crippen LogP contribution in [0.3, 0.4) is 0 Å². The first-order valence-electron chi connectivity index (χ1n) is 5.90. The summed E-state index contributed by atoms with van der Waals surface area (Å²) in [5.74, 6) is -0.637. The number of benzene rings is 2. The summed E-state index contributed by atoms with van der Waals surface area (Å²) in [7, 11) is 0. The van der Waals surface area contributed by atoms with Gasteiger partial charge >= 0.3 is 6.03 Å². The fourth-order valence-electron chi connectivity index (χ4n) is 1.69. The van der Waals surface area contributed by atoms with E-state index in [1.807, 2.05) is 0 Å². The van der Waals surface area contributed by atoms with Gasteiger partial charge in [-0.05, 0) is 24.3 Å². The highest BCUT2D eigenvalue weighted by molar-refractivity contribution is 6.39. The van der Waals surface area contributed by atoms with Gasteiger partial charge in [0.15, 0.2) is 0 Å². The summed E-state index contributed by atoms with van der Waals surface area (Å²) in [5.41, 5.74) is 6.03. The van der Waals surface area contributed by atoms with Crippen LogP contribution in [0.2, 0.25) is 10.0 Å². The molecule has 0 radical (unpaired) electrons. The van der Waals surface area contributed by atoms with Crippen LogP contribution < -0.4 is 16.4 Å². The van der Waals surface area contributed by atoms with Crippen LogP contribution in [0.4, 0.5) is 16.2 Å². The molecule has 0 aliphatic rings. The Morgan fingerprint density at radius 1 is 0.905 bits per heavy atom. The van der Waals surface area contributed by atoms with Gasteiger partial charge in [-0.2, -0.15) is 0 Å². The first kappa shape index (κ1) is 15.2. The number of carbonyl (C=O) groups is 2. The van der Waals surface area contributed by atoms with Crippen LogP contribution in [0.1, 0.15) is 10.4 Å². The minimum absolute atomic E-state index is 0.206. The summed E-state index contributed by atoms with van der Waals surface area (Å²) in [5, 5.41) is 5.67. The van der Waals surface area contributed by atoms with Gasteiger partial charge < -0.3 is 16.4 Å². The molecule has 0 saturated heterocycles. The summed E-state index contributed by atoms with van der Waals surface area (Å²) < 4.78 is 0. The third-order valence-corrected chi connectivity index (χ3v) is 3.27. The molecule has 0 spiro atoms. The molecule has 2 aromatic carbocycles. The SMILES string of the molecule is NC(=O)c1ccccc1NC(=O)Nc1c(Cl)cccc1Cl. The van der Waals surface area contributed by atoms with Crippen molar-refractivity contribution in [2.24, 2.45) is 5.73 Å². The van der Waals surface area contributed by atoms with Gasteiger partial charge in [0, 0.05) is 0 Å². The Bertz CT molecular complexity index is 684. The molecule has 0 atom stereocenters. The van der Waals surface area contributed by atoms with Crippen molar-refractivity contribution in [1.82, 2.24) is 0 Å². The van der Waals surface area contributed by atoms with Gasteiger partial charge in [0.05, 0.1) is 27.0 Å². The topological polar surface area (TPSA) is 84.2 Å². The summed E-state index contributed by atoms with van der Waals surface area (Å²) in [6.45, 7) is 0. The molecule has 0 aliphatic heterocycles. The molecule has 108 valence electrons. The van der Waals surface area contributed by atoms with E-state index >= 15 is 0 Å². The molecule has 0 unspecified atom stereocenters. The largest absolute Gasteiger partial charge is 0.366 e. The highest BCUT2D eigenvalue weighted by Crippen LogP contribution is 2.29. The number of rotatable bonds is 3. The van der Waals surface area contributed by atoms with Crippen molar-refractivity contribution in [1.29, 1.82) is 0 Å². The lowest BCUT2D eigenvalue weighted by molar-refractivity contribution is 0.100. The zero-order valence-electron chi connectivity index (χ0n) is 10.7. The second-order valence-electron chi connectivity index (χ2n) is 4.09. The van der Waals surface area contributed by atoms with Crippen LogP contribution in [0.25, 0.3) is 0 Å². The first-order chi connectivity index (χ1) is 9.99. The number of halogens is 2. The Balaban J connectivity index is 2.18. The highest BCUT2D eigenvalue weighted by atomic mass is 35.5. The second-order valence-corrected chi connectivity index (χ2v) is 4.90. The smallest absolute Gasteiger partial charge is 0.323 e. The van der Waals surface area contributed by atoms with Gasteiger partial charge in [-0.25, -0.2) is 4.79 Å². The number of anilines is 2. The van der Waals surface area contributed by atoms with Crippen molar-refractivity contribution in [2.45, 2.75) is 0 Å². The number of amides is 3. The lowest BCUT2D eigenvalue weighted by Crippen LogP contribution is -2.22. The van der Waals surface area contributed by atoms with Crippen molar-refractivity contribution in [3.05, 3.63) is 58.1 Å². The van der Waals surface area contributed by atoms with Crippen molar-refractivity contribution in [2.75, 3.05) is 10.6 Å². The molecule has 0 aromatic heterocycles. The van der Waals surface area contributed by atoms with Crippen LogP contribution in [0.15, 0.2) is 42.5 Å². The number of nitrogens with two attached hydrogens (primary N) is 1. The van der Waals surface area contributed by atoms with Gasteiger partial charge in [0.25, 0.3) is 5.91 Å². The number of carbonyl (C=O) groups excluding carboxylic acids is 2. The fourth-order valence-corrected chi connectivity index (χ4v) is 2.18. The molecule has 21 heavy (non-hydrogen) atoms. The van der Waals surface area contributed by atoms with Gasteiger partial charge in [0.1, 0.15) is 0 Å². The number of hydrogen-bond donors (Lipinski definition) is 3. The molecule has 0 aliphatic carbocycles. The van der Waals surface area contributed by atoms with E-state index in [9.17, 15) is 9.59 Å². The van der Waals surface area contributed by atoms with E-state index in [1.54, 1.807) is 36.4 Å². The minimum Gasteiger partial charge on any atom is -0.366 e. The van der Waals surface area contributed by atoms with E-state index in [-0.39, 0.29) is 11.3 Å². The maximum absolute atomic E-state index is 12.0. The Morgan fingerprint density at radius 3 is 2.14 bits per heavy atom. The Hall–Kier alpha value is -2.24. The Kier molecular flexibility index (Phi) is 4.67. The van der Waals surface area contributed by atoms with E-state index in [1.165, 1.54) is 6.07 Å². The van der Waals surface area contributed by atoms with Crippen LogP contribution in [0, 0.1) is 0 Å². The lowest BCUT2D eigenvalue weighted by Gasteiger charge is -2.12. The lowest BCUT2D eigenvalue weighted by atomic mass is 10.1. The molecule has 0 saturated carbocycles. The number of nitrogens with one attached hydrogen (secondary N) is 2. The van der Waals surface area contributed by atoms with Crippen LogP contribution in [0.5, 0.6) is 0 Å². The van der Waals surface area contributed by atoms with E-state index < -0.39 is 11.9 Å². The summed E-state index contributed by atoms with van der Waals surface area (Å²) >= 11 is 11.9. The average molecular weight is 324 g/mol. The van der Waals surface area contributed by atoms with Gasteiger partial charge in [-0.15, -0.1) is 0 Å². The second kappa shape index (κ2) is 6.47. The van der Waals surface area contributed by atoms with Gasteiger partial charge in [0.2, 0.25) is 0 Å². The maximum Gasteiger partial charge on any atom is 0.323 e. The van der Waals surface area contributed by atoms with E-state index in [0.717, 1.165) is 0 Å². The van der Waals surface area contributed by atoms with Crippen LogP contribution in [-0.2, 0) is 0 Å².